The number of phenols is 1. The van der Waals surface area contributed by atoms with E-state index in [2.05, 4.69) is 63.3 Å². The fraction of sp³-hybridized carbons (Fsp3) is 0.333. The number of hydrogen-bond donors (Lipinski definition) is 2. The molecule has 1 heterocycles. The Hall–Kier alpha value is -2.94. The van der Waals surface area contributed by atoms with Gasteiger partial charge in [-0.3, -0.25) is 0 Å². The SMILES string of the molecule is COc1c(-c2ccccc2O)cc(C)cc1C1CC(C)c2cccc(C(C)C)c2N1. The van der Waals surface area contributed by atoms with Crippen LogP contribution in [0.1, 0.15) is 67.3 Å². The number of rotatable bonds is 4. The van der Waals surface area contributed by atoms with Gasteiger partial charge in [0.25, 0.3) is 0 Å². The predicted octanol–water partition coefficient (Wildman–Crippen LogP) is 7.16. The van der Waals surface area contributed by atoms with Gasteiger partial charge in [-0.25, -0.2) is 0 Å². The summed E-state index contributed by atoms with van der Waals surface area (Å²) in [6.07, 6.45) is 0.995. The summed E-state index contributed by atoms with van der Waals surface area (Å²) in [6.45, 7) is 8.90. The molecule has 2 atom stereocenters. The van der Waals surface area contributed by atoms with Crippen LogP contribution in [0.5, 0.6) is 11.5 Å². The molecule has 156 valence electrons. The maximum absolute atomic E-state index is 10.5. The van der Waals surface area contributed by atoms with Crippen LogP contribution in [0, 0.1) is 6.92 Å². The maximum Gasteiger partial charge on any atom is 0.132 e. The molecule has 1 aliphatic heterocycles. The Morgan fingerprint density at radius 3 is 2.47 bits per heavy atom. The van der Waals surface area contributed by atoms with Gasteiger partial charge in [-0.2, -0.15) is 0 Å². The molecule has 30 heavy (non-hydrogen) atoms. The van der Waals surface area contributed by atoms with Crippen molar-refractivity contribution >= 4 is 5.69 Å². The molecule has 3 heteroatoms. The van der Waals surface area contributed by atoms with E-state index in [0.29, 0.717) is 11.8 Å². The Balaban J connectivity index is 1.85. The van der Waals surface area contributed by atoms with E-state index < -0.39 is 0 Å². The van der Waals surface area contributed by atoms with Gasteiger partial charge in [0, 0.05) is 22.4 Å². The van der Waals surface area contributed by atoms with E-state index >= 15 is 0 Å². The van der Waals surface area contributed by atoms with Crippen molar-refractivity contribution in [3.8, 4) is 22.6 Å². The second-order valence-corrected chi connectivity index (χ2v) is 8.75. The van der Waals surface area contributed by atoms with Gasteiger partial charge in [0.05, 0.1) is 13.2 Å². The topological polar surface area (TPSA) is 41.5 Å². The minimum absolute atomic E-state index is 0.145. The van der Waals surface area contributed by atoms with Gasteiger partial charge in [0.15, 0.2) is 0 Å². The van der Waals surface area contributed by atoms with Crippen LogP contribution in [-0.2, 0) is 0 Å². The first-order valence-electron chi connectivity index (χ1n) is 10.8. The van der Waals surface area contributed by atoms with Crippen LogP contribution >= 0.6 is 0 Å². The number of nitrogens with one attached hydrogen (secondary N) is 1. The predicted molar refractivity (Wildman–Crippen MR) is 125 cm³/mol. The average Bonchev–Trinajstić information content (AvgIpc) is 2.73. The van der Waals surface area contributed by atoms with Crippen LogP contribution in [-0.4, -0.2) is 12.2 Å². The fourth-order valence-corrected chi connectivity index (χ4v) is 4.75. The molecule has 3 aromatic rings. The van der Waals surface area contributed by atoms with Gasteiger partial charge in [-0.15, -0.1) is 0 Å². The number of para-hydroxylation sites is 2. The molecule has 4 rings (SSSR count). The van der Waals surface area contributed by atoms with E-state index in [-0.39, 0.29) is 11.8 Å². The second-order valence-electron chi connectivity index (χ2n) is 8.75. The summed E-state index contributed by atoms with van der Waals surface area (Å²) in [5.41, 5.74) is 8.05. The fourth-order valence-electron chi connectivity index (χ4n) is 4.75. The summed E-state index contributed by atoms with van der Waals surface area (Å²) in [7, 11) is 1.72. The number of aromatic hydroxyl groups is 1. The van der Waals surface area contributed by atoms with Crippen molar-refractivity contribution in [2.75, 3.05) is 12.4 Å². The smallest absolute Gasteiger partial charge is 0.132 e. The van der Waals surface area contributed by atoms with Gasteiger partial charge in [-0.1, -0.05) is 63.2 Å². The molecular formula is C27H31NO2. The lowest BCUT2D eigenvalue weighted by atomic mass is 9.81. The number of ether oxygens (including phenoxy) is 1. The van der Waals surface area contributed by atoms with Crippen LogP contribution in [0.25, 0.3) is 11.1 Å². The van der Waals surface area contributed by atoms with Crippen LogP contribution in [0.15, 0.2) is 54.6 Å². The number of methoxy groups -OCH3 is 1. The van der Waals surface area contributed by atoms with Gasteiger partial charge in [0.1, 0.15) is 11.5 Å². The Kier molecular flexibility index (Phi) is 5.46. The molecule has 2 N–H and O–H groups in total. The summed E-state index contributed by atoms with van der Waals surface area (Å²) in [5.74, 6) is 2.00. The highest BCUT2D eigenvalue weighted by molar-refractivity contribution is 5.78. The molecule has 1 aliphatic rings. The van der Waals surface area contributed by atoms with E-state index in [1.807, 2.05) is 18.2 Å². The molecule has 0 saturated carbocycles. The lowest BCUT2D eigenvalue weighted by molar-refractivity contribution is 0.404. The van der Waals surface area contributed by atoms with Crippen molar-refractivity contribution in [2.45, 2.75) is 52.0 Å². The van der Waals surface area contributed by atoms with Gasteiger partial charge in [-0.05, 0) is 54.0 Å². The van der Waals surface area contributed by atoms with Crippen molar-refractivity contribution in [3.63, 3.8) is 0 Å². The molecule has 0 spiro atoms. The average molecular weight is 402 g/mol. The molecule has 2 unspecified atom stereocenters. The lowest BCUT2D eigenvalue weighted by Crippen LogP contribution is -2.22. The largest absolute Gasteiger partial charge is 0.507 e. The molecule has 0 bridgehead atoms. The number of anilines is 1. The Morgan fingerprint density at radius 1 is 1.00 bits per heavy atom. The van der Waals surface area contributed by atoms with Crippen molar-refractivity contribution in [1.82, 2.24) is 0 Å². The minimum Gasteiger partial charge on any atom is -0.507 e. The first-order valence-corrected chi connectivity index (χ1v) is 10.8. The molecule has 0 aromatic heterocycles. The van der Waals surface area contributed by atoms with E-state index in [4.69, 9.17) is 4.74 Å². The number of benzene rings is 3. The highest BCUT2D eigenvalue weighted by atomic mass is 16.5. The third kappa shape index (κ3) is 3.54. The molecule has 3 aromatic carbocycles. The highest BCUT2D eigenvalue weighted by Crippen LogP contribution is 2.48. The summed E-state index contributed by atoms with van der Waals surface area (Å²) >= 11 is 0. The monoisotopic (exact) mass is 401 g/mol. The highest BCUT2D eigenvalue weighted by Gasteiger charge is 2.30. The summed E-state index contributed by atoms with van der Waals surface area (Å²) in [5, 5.41) is 14.3. The zero-order valence-electron chi connectivity index (χ0n) is 18.5. The Labute approximate surface area is 179 Å². The number of aryl methyl sites for hydroxylation is 1. The van der Waals surface area contributed by atoms with Gasteiger partial charge in [0.2, 0.25) is 0 Å². The molecule has 0 radical (unpaired) electrons. The molecule has 0 fully saturated rings. The lowest BCUT2D eigenvalue weighted by Gasteiger charge is -2.35. The van der Waals surface area contributed by atoms with Crippen molar-refractivity contribution in [2.24, 2.45) is 0 Å². The second kappa shape index (κ2) is 8.06. The maximum atomic E-state index is 10.5. The zero-order valence-corrected chi connectivity index (χ0v) is 18.5. The van der Waals surface area contributed by atoms with Crippen molar-refractivity contribution in [1.29, 1.82) is 0 Å². The Morgan fingerprint density at radius 2 is 1.77 bits per heavy atom. The van der Waals surface area contributed by atoms with Gasteiger partial charge < -0.3 is 15.2 Å². The van der Waals surface area contributed by atoms with Crippen LogP contribution < -0.4 is 10.1 Å². The van der Waals surface area contributed by atoms with Crippen LogP contribution in [0.4, 0.5) is 5.69 Å². The third-order valence-corrected chi connectivity index (χ3v) is 6.23. The first kappa shape index (κ1) is 20.3. The number of phenolic OH excluding ortho intramolecular Hbond substituents is 1. The van der Waals surface area contributed by atoms with E-state index in [9.17, 15) is 5.11 Å². The zero-order chi connectivity index (χ0) is 21.4. The molecule has 0 amide bonds. The third-order valence-electron chi connectivity index (χ3n) is 6.23. The van der Waals surface area contributed by atoms with Crippen molar-refractivity contribution in [3.05, 3.63) is 76.9 Å². The Bertz CT molecular complexity index is 1060. The summed E-state index contributed by atoms with van der Waals surface area (Å²) < 4.78 is 5.94. The number of fused-ring (bicyclic) bond motifs is 1. The molecule has 0 saturated heterocycles. The van der Waals surface area contributed by atoms with Gasteiger partial charge >= 0.3 is 0 Å². The van der Waals surface area contributed by atoms with Crippen LogP contribution in [0.3, 0.4) is 0 Å². The normalized spacial score (nSPS) is 18.1. The molecular weight excluding hydrogens is 370 g/mol. The van der Waals surface area contributed by atoms with E-state index in [1.54, 1.807) is 13.2 Å². The quantitative estimate of drug-likeness (QED) is 0.487. The van der Waals surface area contributed by atoms with E-state index in [1.165, 1.54) is 16.8 Å². The summed E-state index contributed by atoms with van der Waals surface area (Å²) in [6, 6.07) is 18.6. The van der Waals surface area contributed by atoms with Crippen LogP contribution in [0.2, 0.25) is 0 Å². The van der Waals surface area contributed by atoms with Crippen molar-refractivity contribution < 1.29 is 9.84 Å². The minimum atomic E-state index is 0.145. The van der Waals surface area contributed by atoms with E-state index in [0.717, 1.165) is 34.4 Å². The molecule has 0 aliphatic carbocycles. The molecule has 3 nitrogen and oxygen atoms in total. The standard InChI is InChI=1S/C27H31NO2/c1-16(2)19-10-8-11-20-18(4)15-24(28-26(19)20)23-14-17(3)13-22(27(23)30-5)21-9-6-7-12-25(21)29/h6-14,16,18,24,28-29H,15H2,1-5H3. The number of hydrogen-bond acceptors (Lipinski definition) is 3. The first-order chi connectivity index (χ1) is 14.4. The summed E-state index contributed by atoms with van der Waals surface area (Å²) in [4.78, 5) is 0.